The summed E-state index contributed by atoms with van der Waals surface area (Å²) >= 11 is 0. The van der Waals surface area contributed by atoms with Crippen LogP contribution in [0.1, 0.15) is 16.7 Å². The number of imide groups is 1. The highest BCUT2D eigenvalue weighted by Crippen LogP contribution is 2.34. The monoisotopic (exact) mass is 386 g/mol. The SMILES string of the molecule is Cc1cccc(NC2=C(c3ccccc3)C(=O)N(c3ccc(F)cc3)C2=O)c1C. The summed E-state index contributed by atoms with van der Waals surface area (Å²) in [4.78, 5) is 27.6. The van der Waals surface area contributed by atoms with E-state index in [9.17, 15) is 14.0 Å². The van der Waals surface area contributed by atoms with E-state index in [4.69, 9.17) is 0 Å². The van der Waals surface area contributed by atoms with E-state index in [1.807, 2.05) is 50.2 Å². The fraction of sp³-hybridized carbons (Fsp3) is 0.0833. The Morgan fingerprint density at radius 2 is 1.48 bits per heavy atom. The quantitative estimate of drug-likeness (QED) is 0.653. The molecule has 1 N–H and O–H groups in total. The average molecular weight is 386 g/mol. The maximum Gasteiger partial charge on any atom is 0.282 e. The normalized spacial score (nSPS) is 14.0. The van der Waals surface area contributed by atoms with Gasteiger partial charge in [0, 0.05) is 5.69 Å². The first-order valence-corrected chi connectivity index (χ1v) is 9.24. The zero-order chi connectivity index (χ0) is 20.5. The highest BCUT2D eigenvalue weighted by Gasteiger charge is 2.40. The number of nitrogens with zero attached hydrogens (tertiary/aromatic N) is 1. The molecule has 0 saturated heterocycles. The fourth-order valence-electron chi connectivity index (χ4n) is 3.36. The number of benzene rings is 3. The van der Waals surface area contributed by atoms with Gasteiger partial charge < -0.3 is 5.32 Å². The van der Waals surface area contributed by atoms with Crippen molar-refractivity contribution >= 4 is 28.8 Å². The molecule has 1 heterocycles. The van der Waals surface area contributed by atoms with Gasteiger partial charge in [-0.1, -0.05) is 42.5 Å². The molecule has 0 atom stereocenters. The molecule has 2 amide bonds. The first-order chi connectivity index (χ1) is 14.0. The van der Waals surface area contributed by atoms with Gasteiger partial charge in [0.2, 0.25) is 0 Å². The van der Waals surface area contributed by atoms with Gasteiger partial charge in [0.25, 0.3) is 11.8 Å². The minimum Gasteiger partial charge on any atom is -0.350 e. The molecule has 0 aromatic heterocycles. The smallest absolute Gasteiger partial charge is 0.282 e. The summed E-state index contributed by atoms with van der Waals surface area (Å²) in [6, 6.07) is 20.1. The zero-order valence-corrected chi connectivity index (χ0v) is 16.1. The Balaban J connectivity index is 1.84. The molecule has 5 heteroatoms. The van der Waals surface area contributed by atoms with E-state index < -0.39 is 17.6 Å². The first-order valence-electron chi connectivity index (χ1n) is 9.24. The Morgan fingerprint density at radius 1 is 0.793 bits per heavy atom. The van der Waals surface area contributed by atoms with Crippen molar-refractivity contribution in [1.82, 2.24) is 0 Å². The fourth-order valence-corrected chi connectivity index (χ4v) is 3.36. The number of hydrogen-bond donors (Lipinski definition) is 1. The van der Waals surface area contributed by atoms with Crippen LogP contribution in [0.5, 0.6) is 0 Å². The third kappa shape index (κ3) is 3.31. The van der Waals surface area contributed by atoms with E-state index in [0.29, 0.717) is 16.8 Å². The molecule has 144 valence electrons. The van der Waals surface area contributed by atoms with Crippen molar-refractivity contribution in [1.29, 1.82) is 0 Å². The lowest BCUT2D eigenvalue weighted by molar-refractivity contribution is -0.120. The third-order valence-corrected chi connectivity index (χ3v) is 5.10. The number of anilines is 2. The minimum absolute atomic E-state index is 0.208. The molecule has 1 aliphatic rings. The summed E-state index contributed by atoms with van der Waals surface area (Å²) < 4.78 is 13.3. The first kappa shape index (κ1) is 18.6. The second kappa shape index (κ2) is 7.36. The van der Waals surface area contributed by atoms with E-state index >= 15 is 0 Å². The van der Waals surface area contributed by atoms with E-state index in [-0.39, 0.29) is 5.70 Å². The van der Waals surface area contributed by atoms with Crippen molar-refractivity contribution in [2.24, 2.45) is 0 Å². The standard InChI is InChI=1S/C24H19FN2O2/c1-15-7-6-10-20(16(15)2)26-22-21(17-8-4-3-5-9-17)23(28)27(24(22)29)19-13-11-18(25)12-14-19/h3-14,26H,1-2H3. The molecule has 0 aliphatic carbocycles. The van der Waals surface area contributed by atoms with Crippen LogP contribution in [0.15, 0.2) is 78.5 Å². The van der Waals surface area contributed by atoms with Crippen molar-refractivity contribution in [2.75, 3.05) is 10.2 Å². The average Bonchev–Trinajstić information content (AvgIpc) is 2.96. The minimum atomic E-state index is -0.471. The summed E-state index contributed by atoms with van der Waals surface area (Å²) in [5.41, 5.74) is 4.29. The molecular formula is C24H19FN2O2. The highest BCUT2D eigenvalue weighted by molar-refractivity contribution is 6.46. The molecule has 0 fully saturated rings. The lowest BCUT2D eigenvalue weighted by Crippen LogP contribution is -2.32. The number of nitrogens with one attached hydrogen (secondary N) is 1. The predicted octanol–water partition coefficient (Wildman–Crippen LogP) is 4.84. The molecule has 4 nitrogen and oxygen atoms in total. The number of amides is 2. The summed E-state index contributed by atoms with van der Waals surface area (Å²) in [6.45, 7) is 3.94. The van der Waals surface area contributed by atoms with Crippen molar-refractivity contribution in [2.45, 2.75) is 13.8 Å². The van der Waals surface area contributed by atoms with Crippen LogP contribution in [0.25, 0.3) is 5.57 Å². The number of carbonyl (C=O) groups excluding carboxylic acids is 2. The molecule has 1 aliphatic heterocycles. The third-order valence-electron chi connectivity index (χ3n) is 5.10. The van der Waals surface area contributed by atoms with Gasteiger partial charge in [0.15, 0.2) is 0 Å². The zero-order valence-electron chi connectivity index (χ0n) is 16.1. The summed E-state index contributed by atoms with van der Waals surface area (Å²) in [7, 11) is 0. The van der Waals surface area contributed by atoms with Gasteiger partial charge in [-0.15, -0.1) is 0 Å². The van der Waals surface area contributed by atoms with Gasteiger partial charge >= 0.3 is 0 Å². The second-order valence-corrected chi connectivity index (χ2v) is 6.91. The lowest BCUT2D eigenvalue weighted by atomic mass is 10.0. The maximum absolute atomic E-state index is 13.3. The number of aryl methyl sites for hydroxylation is 1. The van der Waals surface area contributed by atoms with Crippen molar-refractivity contribution < 1.29 is 14.0 Å². The second-order valence-electron chi connectivity index (χ2n) is 6.91. The molecule has 29 heavy (non-hydrogen) atoms. The van der Waals surface area contributed by atoms with Gasteiger partial charge in [-0.25, -0.2) is 9.29 Å². The summed E-state index contributed by atoms with van der Waals surface area (Å²) in [5, 5.41) is 3.18. The van der Waals surface area contributed by atoms with Crippen LogP contribution in [0.3, 0.4) is 0 Å². The molecule has 4 rings (SSSR count). The van der Waals surface area contributed by atoms with Gasteiger partial charge in [-0.2, -0.15) is 0 Å². The number of hydrogen-bond acceptors (Lipinski definition) is 3. The van der Waals surface area contributed by atoms with E-state index in [1.54, 1.807) is 12.1 Å². The molecular weight excluding hydrogens is 367 g/mol. The van der Waals surface area contributed by atoms with Crippen molar-refractivity contribution in [3.63, 3.8) is 0 Å². The molecule has 0 spiro atoms. The van der Waals surface area contributed by atoms with Crippen molar-refractivity contribution in [3.8, 4) is 0 Å². The molecule has 3 aromatic carbocycles. The largest absolute Gasteiger partial charge is 0.350 e. The Morgan fingerprint density at radius 3 is 2.17 bits per heavy atom. The number of rotatable bonds is 4. The number of carbonyl (C=O) groups is 2. The van der Waals surface area contributed by atoms with Crippen LogP contribution in [-0.4, -0.2) is 11.8 Å². The van der Waals surface area contributed by atoms with Gasteiger partial charge in [-0.05, 0) is 60.9 Å². The molecule has 0 saturated carbocycles. The number of halogens is 1. The van der Waals surface area contributed by atoms with Gasteiger partial charge in [0.1, 0.15) is 11.5 Å². The van der Waals surface area contributed by atoms with Gasteiger partial charge in [-0.3, -0.25) is 9.59 Å². The van der Waals surface area contributed by atoms with Crippen LogP contribution >= 0.6 is 0 Å². The van der Waals surface area contributed by atoms with E-state index in [1.165, 1.54) is 24.3 Å². The lowest BCUT2D eigenvalue weighted by Gasteiger charge is -2.16. The molecule has 0 bridgehead atoms. The Hall–Kier alpha value is -3.73. The van der Waals surface area contributed by atoms with Crippen molar-refractivity contribution in [3.05, 3.63) is 101 Å². The topological polar surface area (TPSA) is 49.4 Å². The van der Waals surface area contributed by atoms with Crippen LogP contribution in [0, 0.1) is 19.7 Å². The Labute approximate surface area is 168 Å². The van der Waals surface area contributed by atoms with E-state index in [0.717, 1.165) is 21.7 Å². The molecule has 3 aromatic rings. The Kier molecular flexibility index (Phi) is 4.72. The van der Waals surface area contributed by atoms with Crippen LogP contribution in [0.4, 0.5) is 15.8 Å². The molecule has 0 unspecified atom stereocenters. The summed E-state index contributed by atoms with van der Waals surface area (Å²) in [6.07, 6.45) is 0. The Bertz CT molecular complexity index is 1140. The van der Waals surface area contributed by atoms with Gasteiger partial charge in [0.05, 0.1) is 11.3 Å². The summed E-state index contributed by atoms with van der Waals surface area (Å²) in [5.74, 6) is -1.35. The van der Waals surface area contributed by atoms with Crippen LogP contribution in [-0.2, 0) is 9.59 Å². The maximum atomic E-state index is 13.3. The predicted molar refractivity (Wildman–Crippen MR) is 112 cm³/mol. The van der Waals surface area contributed by atoms with E-state index in [2.05, 4.69) is 5.32 Å². The highest BCUT2D eigenvalue weighted by atomic mass is 19.1. The molecule has 0 radical (unpaired) electrons. The van der Waals surface area contributed by atoms with Crippen LogP contribution in [0.2, 0.25) is 0 Å². The van der Waals surface area contributed by atoms with Crippen LogP contribution < -0.4 is 10.2 Å².